The fourth-order valence-corrected chi connectivity index (χ4v) is 2.98. The summed E-state index contributed by atoms with van der Waals surface area (Å²) < 4.78 is 0. The van der Waals surface area contributed by atoms with Gasteiger partial charge in [-0.15, -0.1) is 0 Å². The van der Waals surface area contributed by atoms with Crippen molar-refractivity contribution in [2.75, 3.05) is 0 Å². The van der Waals surface area contributed by atoms with E-state index in [-0.39, 0.29) is 5.92 Å². The molecule has 0 aliphatic heterocycles. The van der Waals surface area contributed by atoms with Gasteiger partial charge in [-0.25, -0.2) is 0 Å². The van der Waals surface area contributed by atoms with E-state index in [9.17, 15) is 4.79 Å². The molecule has 0 radical (unpaired) electrons. The molecule has 0 amide bonds. The van der Waals surface area contributed by atoms with Crippen molar-refractivity contribution in [1.82, 2.24) is 0 Å². The summed E-state index contributed by atoms with van der Waals surface area (Å²) >= 11 is 0. The Balaban J connectivity index is 2.00. The summed E-state index contributed by atoms with van der Waals surface area (Å²) in [5.41, 5.74) is 1.19. The molecule has 1 nitrogen and oxygen atoms in total. The van der Waals surface area contributed by atoms with Gasteiger partial charge in [-0.05, 0) is 17.9 Å². The molecule has 0 aromatic heterocycles. The van der Waals surface area contributed by atoms with Gasteiger partial charge in [-0.3, -0.25) is 4.79 Å². The Morgan fingerprint density at radius 3 is 2.47 bits per heavy atom. The molecule has 1 aromatic rings. The lowest BCUT2D eigenvalue weighted by atomic mass is 9.87. The van der Waals surface area contributed by atoms with Crippen LogP contribution < -0.4 is 0 Å². The first-order chi connectivity index (χ1) is 8.31. The van der Waals surface area contributed by atoms with E-state index in [1.165, 1.54) is 31.2 Å². The number of Topliss-reactive ketones (excluding diaryl/α,β-unsaturated/α-hetero) is 1. The van der Waals surface area contributed by atoms with Crippen LogP contribution in [-0.2, 0) is 4.79 Å². The highest BCUT2D eigenvalue weighted by molar-refractivity contribution is 5.85. The largest absolute Gasteiger partial charge is 0.299 e. The van der Waals surface area contributed by atoms with Gasteiger partial charge in [0.2, 0.25) is 0 Å². The highest BCUT2D eigenvalue weighted by atomic mass is 16.1. The molecule has 2 rings (SSSR count). The Morgan fingerprint density at radius 2 is 1.88 bits per heavy atom. The van der Waals surface area contributed by atoms with Crippen LogP contribution in [-0.4, -0.2) is 5.78 Å². The summed E-state index contributed by atoms with van der Waals surface area (Å²) in [7, 11) is 0. The van der Waals surface area contributed by atoms with Crippen LogP contribution >= 0.6 is 0 Å². The van der Waals surface area contributed by atoms with Gasteiger partial charge in [-0.1, -0.05) is 62.9 Å². The summed E-state index contributed by atoms with van der Waals surface area (Å²) in [5.74, 6) is 1.24. The molecule has 1 aliphatic rings. The van der Waals surface area contributed by atoms with Crippen molar-refractivity contribution in [2.45, 2.75) is 51.4 Å². The van der Waals surface area contributed by atoms with Crippen LogP contribution in [0.3, 0.4) is 0 Å². The van der Waals surface area contributed by atoms with Crippen LogP contribution in [0, 0.1) is 5.92 Å². The average molecular weight is 230 g/mol. The molecule has 0 heterocycles. The van der Waals surface area contributed by atoms with Gasteiger partial charge in [0.25, 0.3) is 0 Å². The second-order valence-electron chi connectivity index (χ2n) is 5.19. The predicted octanol–water partition coefficient (Wildman–Crippen LogP) is 4.33. The molecule has 92 valence electrons. The second-order valence-corrected chi connectivity index (χ2v) is 5.19. The normalized spacial score (nSPS) is 18.2. The fourth-order valence-electron chi connectivity index (χ4n) is 2.98. The molecule has 1 atom stereocenters. The third kappa shape index (κ3) is 3.18. The number of carbonyl (C=O) groups excluding carboxylic acids is 1. The van der Waals surface area contributed by atoms with Gasteiger partial charge in [0.15, 0.2) is 0 Å². The van der Waals surface area contributed by atoms with Crippen molar-refractivity contribution in [3.63, 3.8) is 0 Å². The van der Waals surface area contributed by atoms with Crippen molar-refractivity contribution in [3.05, 3.63) is 35.9 Å². The lowest BCUT2D eigenvalue weighted by molar-refractivity contribution is -0.121. The van der Waals surface area contributed by atoms with E-state index >= 15 is 0 Å². The Bertz CT molecular complexity index is 349. The zero-order valence-electron chi connectivity index (χ0n) is 10.7. The van der Waals surface area contributed by atoms with E-state index in [4.69, 9.17) is 0 Å². The van der Waals surface area contributed by atoms with Gasteiger partial charge in [-0.2, -0.15) is 0 Å². The number of benzene rings is 1. The van der Waals surface area contributed by atoms with E-state index in [2.05, 4.69) is 19.1 Å². The highest BCUT2D eigenvalue weighted by Crippen LogP contribution is 2.31. The standard InChI is InChI=1S/C16H22O/c1-2-15(14-10-4-3-5-11-14)16(17)12-13-8-6-7-9-13/h3-5,10-11,13,15H,2,6-9,12H2,1H3. The molecule has 1 aromatic carbocycles. The van der Waals surface area contributed by atoms with E-state index in [1.54, 1.807) is 0 Å². The fraction of sp³-hybridized carbons (Fsp3) is 0.562. The first kappa shape index (κ1) is 12.3. The molecule has 0 spiro atoms. The average Bonchev–Trinajstić information content (AvgIpc) is 2.84. The third-order valence-corrected chi connectivity index (χ3v) is 3.96. The van der Waals surface area contributed by atoms with E-state index in [0.717, 1.165) is 12.8 Å². The summed E-state index contributed by atoms with van der Waals surface area (Å²) in [5, 5.41) is 0. The van der Waals surface area contributed by atoms with Gasteiger partial charge in [0.05, 0.1) is 0 Å². The SMILES string of the molecule is CCC(C(=O)CC1CCCC1)c1ccccc1. The number of rotatable bonds is 5. The van der Waals surface area contributed by atoms with Gasteiger partial charge in [0.1, 0.15) is 5.78 Å². The minimum atomic E-state index is 0.122. The van der Waals surface area contributed by atoms with Crippen LogP contribution in [0.1, 0.15) is 56.9 Å². The summed E-state index contributed by atoms with van der Waals surface area (Å²) in [6.45, 7) is 2.12. The predicted molar refractivity (Wildman–Crippen MR) is 71.1 cm³/mol. The number of ketones is 1. The molecule has 17 heavy (non-hydrogen) atoms. The van der Waals surface area contributed by atoms with Gasteiger partial charge >= 0.3 is 0 Å². The van der Waals surface area contributed by atoms with Crippen molar-refractivity contribution in [3.8, 4) is 0 Å². The van der Waals surface area contributed by atoms with E-state index < -0.39 is 0 Å². The van der Waals surface area contributed by atoms with Crippen LogP contribution in [0.5, 0.6) is 0 Å². The third-order valence-electron chi connectivity index (χ3n) is 3.96. The quantitative estimate of drug-likeness (QED) is 0.735. The van der Waals surface area contributed by atoms with Crippen LogP contribution in [0.15, 0.2) is 30.3 Å². The van der Waals surface area contributed by atoms with Crippen molar-refractivity contribution in [1.29, 1.82) is 0 Å². The summed E-state index contributed by atoms with van der Waals surface area (Å²) in [6, 6.07) is 10.2. The molecule has 1 heteroatoms. The van der Waals surface area contributed by atoms with Crippen molar-refractivity contribution in [2.24, 2.45) is 5.92 Å². The Hall–Kier alpha value is -1.11. The number of hydrogen-bond donors (Lipinski definition) is 0. The summed E-state index contributed by atoms with van der Waals surface area (Å²) in [6.07, 6.45) is 6.89. The van der Waals surface area contributed by atoms with Crippen LogP contribution in [0.25, 0.3) is 0 Å². The zero-order chi connectivity index (χ0) is 12.1. The number of hydrogen-bond acceptors (Lipinski definition) is 1. The second kappa shape index (κ2) is 6.00. The zero-order valence-corrected chi connectivity index (χ0v) is 10.7. The van der Waals surface area contributed by atoms with Crippen LogP contribution in [0.2, 0.25) is 0 Å². The first-order valence-corrected chi connectivity index (χ1v) is 6.89. The smallest absolute Gasteiger partial charge is 0.140 e. The maximum atomic E-state index is 12.3. The topological polar surface area (TPSA) is 17.1 Å². The molecule has 1 unspecified atom stereocenters. The van der Waals surface area contributed by atoms with E-state index in [0.29, 0.717) is 11.7 Å². The molecular formula is C16H22O. The first-order valence-electron chi connectivity index (χ1n) is 6.89. The molecule has 1 aliphatic carbocycles. The molecule has 0 bridgehead atoms. The molecular weight excluding hydrogens is 208 g/mol. The summed E-state index contributed by atoms with van der Waals surface area (Å²) in [4.78, 5) is 12.3. The van der Waals surface area contributed by atoms with Gasteiger partial charge < -0.3 is 0 Å². The van der Waals surface area contributed by atoms with E-state index in [1.807, 2.05) is 18.2 Å². The van der Waals surface area contributed by atoms with Gasteiger partial charge in [0, 0.05) is 12.3 Å². The maximum absolute atomic E-state index is 12.3. The van der Waals surface area contributed by atoms with Crippen molar-refractivity contribution < 1.29 is 4.79 Å². The molecule has 0 N–H and O–H groups in total. The molecule has 0 saturated heterocycles. The lowest BCUT2D eigenvalue weighted by Crippen LogP contribution is -2.15. The number of carbonyl (C=O) groups is 1. The Kier molecular flexibility index (Phi) is 4.36. The maximum Gasteiger partial charge on any atom is 0.140 e. The van der Waals surface area contributed by atoms with Crippen LogP contribution in [0.4, 0.5) is 0 Å². The Labute approximate surface area is 104 Å². The Morgan fingerprint density at radius 1 is 1.24 bits per heavy atom. The minimum Gasteiger partial charge on any atom is -0.299 e. The van der Waals surface area contributed by atoms with Crippen molar-refractivity contribution >= 4 is 5.78 Å². The molecule has 1 saturated carbocycles. The molecule has 1 fully saturated rings. The minimum absolute atomic E-state index is 0.122. The highest BCUT2D eigenvalue weighted by Gasteiger charge is 2.24. The lowest BCUT2D eigenvalue weighted by Gasteiger charge is -2.16. The monoisotopic (exact) mass is 230 g/mol.